The van der Waals surface area contributed by atoms with Crippen LogP contribution in [0.2, 0.25) is 0 Å². The van der Waals surface area contributed by atoms with E-state index in [0.717, 1.165) is 42.1 Å². The molecule has 0 bridgehead atoms. The van der Waals surface area contributed by atoms with Crippen LogP contribution in [0, 0.1) is 0 Å². The summed E-state index contributed by atoms with van der Waals surface area (Å²) < 4.78 is 32.6. The maximum absolute atomic E-state index is 13.5. The number of ether oxygens (including phenoxy) is 1. The lowest BCUT2D eigenvalue weighted by Gasteiger charge is -2.39. The first kappa shape index (κ1) is 21.4. The molecule has 1 atom stereocenters. The Balaban J connectivity index is 1.90. The number of alkyl halides is 2. The normalized spacial score (nSPS) is 17.5. The molecule has 3 rings (SSSR count). The highest BCUT2D eigenvalue weighted by molar-refractivity contribution is 9.10. The van der Waals surface area contributed by atoms with Gasteiger partial charge in [0.15, 0.2) is 0 Å². The van der Waals surface area contributed by atoms with Gasteiger partial charge in [-0.05, 0) is 32.2 Å². The fourth-order valence-corrected chi connectivity index (χ4v) is 3.63. The average Bonchev–Trinajstić information content (AvgIpc) is 2.69. The molecule has 1 saturated heterocycles. The second kappa shape index (κ2) is 9.04. The highest BCUT2D eigenvalue weighted by atomic mass is 79.9. The molecular weight excluding hydrogens is 446 g/mol. The van der Waals surface area contributed by atoms with Crippen molar-refractivity contribution in [1.82, 2.24) is 9.88 Å². The first-order valence-electron chi connectivity index (χ1n) is 9.18. The highest BCUT2D eigenvalue weighted by Gasteiger charge is 2.25. The van der Waals surface area contributed by atoms with Gasteiger partial charge in [0.1, 0.15) is 0 Å². The van der Waals surface area contributed by atoms with E-state index in [-0.39, 0.29) is 11.4 Å². The fraction of sp³-hybridized carbons (Fsp3) is 0.400. The number of amides is 1. The van der Waals surface area contributed by atoms with Crippen molar-refractivity contribution in [2.75, 3.05) is 44.0 Å². The number of piperazine rings is 1. The lowest BCUT2D eigenvalue weighted by Crippen LogP contribution is -2.50. The summed E-state index contributed by atoms with van der Waals surface area (Å²) in [5, 5.41) is 2.79. The number of carbonyl (C=O) groups is 1. The van der Waals surface area contributed by atoms with Crippen molar-refractivity contribution < 1.29 is 18.3 Å². The van der Waals surface area contributed by atoms with Crippen LogP contribution in [0.1, 0.15) is 29.3 Å². The molecule has 1 amide bonds. The van der Waals surface area contributed by atoms with Crippen LogP contribution in [-0.4, -0.2) is 55.6 Å². The van der Waals surface area contributed by atoms with Crippen LogP contribution >= 0.6 is 15.9 Å². The Hall–Kier alpha value is -2.26. The number of hydrogen-bond donors (Lipinski definition) is 1. The van der Waals surface area contributed by atoms with Gasteiger partial charge in [0.05, 0.1) is 24.0 Å². The zero-order chi connectivity index (χ0) is 21.1. The van der Waals surface area contributed by atoms with Gasteiger partial charge in [0.25, 0.3) is 12.3 Å². The van der Waals surface area contributed by atoms with E-state index in [1.54, 1.807) is 6.07 Å². The Morgan fingerprint density at radius 3 is 2.76 bits per heavy atom. The summed E-state index contributed by atoms with van der Waals surface area (Å²) in [4.78, 5) is 21.2. The van der Waals surface area contributed by atoms with E-state index in [2.05, 4.69) is 50.0 Å². The lowest BCUT2D eigenvalue weighted by molar-refractivity contribution is 0.101. The Kier molecular flexibility index (Phi) is 6.69. The minimum Gasteiger partial charge on any atom is -0.481 e. The number of nitrogens with one attached hydrogen (secondary N) is 1. The Labute approximate surface area is 177 Å². The van der Waals surface area contributed by atoms with Gasteiger partial charge in [-0.3, -0.25) is 4.79 Å². The molecule has 1 fully saturated rings. The molecule has 6 nitrogen and oxygen atoms in total. The van der Waals surface area contributed by atoms with Crippen LogP contribution < -0.4 is 15.0 Å². The number of pyridine rings is 1. The molecule has 1 aliphatic rings. The molecular formula is C20H23BrF2N4O2. The molecule has 1 aromatic heterocycles. The first-order chi connectivity index (χ1) is 13.8. The van der Waals surface area contributed by atoms with Gasteiger partial charge in [0.2, 0.25) is 5.88 Å². The molecule has 0 spiro atoms. The summed E-state index contributed by atoms with van der Waals surface area (Å²) in [5.74, 6) is -0.608. The molecule has 2 heterocycles. The van der Waals surface area contributed by atoms with Gasteiger partial charge in [-0.15, -0.1) is 0 Å². The molecule has 0 unspecified atom stereocenters. The number of likely N-dealkylation sites (N-methyl/N-ethyl adjacent to an activating group) is 1. The molecule has 29 heavy (non-hydrogen) atoms. The van der Waals surface area contributed by atoms with Crippen molar-refractivity contribution in [1.29, 1.82) is 0 Å². The molecule has 156 valence electrons. The van der Waals surface area contributed by atoms with Crippen LogP contribution in [0.15, 0.2) is 34.9 Å². The SMILES string of the molecule is COc1cc(C(F)F)c(C(=O)Nc2cc(Br)ccc2N2CCN(C)[C@@H](C)C2)cn1. The van der Waals surface area contributed by atoms with Crippen molar-refractivity contribution >= 4 is 33.2 Å². The lowest BCUT2D eigenvalue weighted by atomic mass is 10.1. The van der Waals surface area contributed by atoms with Crippen molar-refractivity contribution in [3.8, 4) is 5.88 Å². The number of halogens is 3. The molecule has 9 heteroatoms. The van der Waals surface area contributed by atoms with Crippen molar-refractivity contribution in [3.63, 3.8) is 0 Å². The maximum atomic E-state index is 13.5. The van der Waals surface area contributed by atoms with Crippen LogP contribution in [0.5, 0.6) is 5.88 Å². The van der Waals surface area contributed by atoms with Gasteiger partial charge >= 0.3 is 0 Å². The summed E-state index contributed by atoms with van der Waals surface area (Å²) in [6.45, 7) is 4.63. The Bertz CT molecular complexity index is 897. The first-order valence-corrected chi connectivity index (χ1v) is 9.97. The zero-order valence-electron chi connectivity index (χ0n) is 16.5. The molecule has 1 N–H and O–H groups in total. The summed E-state index contributed by atoms with van der Waals surface area (Å²) in [6.07, 6.45) is -1.71. The molecule has 0 radical (unpaired) electrons. The minimum atomic E-state index is -2.83. The summed E-state index contributed by atoms with van der Waals surface area (Å²) in [5.41, 5.74) is 0.802. The minimum absolute atomic E-state index is 0.0337. The number of benzene rings is 1. The molecule has 1 aliphatic heterocycles. The van der Waals surface area contributed by atoms with Crippen LogP contribution in [0.25, 0.3) is 0 Å². The molecule has 0 aliphatic carbocycles. The standard InChI is InChI=1S/C20H23BrF2N4O2/c1-12-11-27(7-6-26(12)2)17-5-4-13(21)8-16(17)25-20(28)15-10-24-18(29-3)9-14(15)19(22)23/h4-5,8-10,12,19H,6-7,11H2,1-3H3,(H,25,28)/t12-/m0/s1. The van der Waals surface area contributed by atoms with E-state index in [0.29, 0.717) is 11.7 Å². The second-order valence-corrected chi connectivity index (χ2v) is 7.92. The predicted octanol–water partition coefficient (Wildman–Crippen LogP) is 4.18. The van der Waals surface area contributed by atoms with E-state index >= 15 is 0 Å². The molecule has 1 aromatic carbocycles. The van der Waals surface area contributed by atoms with Crippen molar-refractivity contribution in [3.05, 3.63) is 46.1 Å². The van der Waals surface area contributed by atoms with Crippen LogP contribution in [-0.2, 0) is 0 Å². The number of carbonyl (C=O) groups excluding carboxylic acids is 1. The Morgan fingerprint density at radius 2 is 2.10 bits per heavy atom. The summed E-state index contributed by atoms with van der Waals surface area (Å²) >= 11 is 3.42. The van der Waals surface area contributed by atoms with Crippen LogP contribution in [0.3, 0.4) is 0 Å². The van der Waals surface area contributed by atoms with E-state index in [4.69, 9.17) is 4.74 Å². The zero-order valence-corrected chi connectivity index (χ0v) is 18.0. The third-order valence-corrected chi connectivity index (χ3v) is 5.60. The average molecular weight is 469 g/mol. The van der Waals surface area contributed by atoms with E-state index in [1.807, 2.05) is 12.1 Å². The van der Waals surface area contributed by atoms with Gasteiger partial charge < -0.3 is 19.9 Å². The number of aromatic nitrogens is 1. The molecule has 0 saturated carbocycles. The largest absolute Gasteiger partial charge is 0.481 e. The summed E-state index contributed by atoms with van der Waals surface area (Å²) in [6, 6.07) is 7.02. The number of rotatable bonds is 5. The van der Waals surface area contributed by atoms with Gasteiger partial charge in [-0.25, -0.2) is 13.8 Å². The van der Waals surface area contributed by atoms with E-state index < -0.39 is 17.9 Å². The van der Waals surface area contributed by atoms with Crippen LogP contribution in [0.4, 0.5) is 20.2 Å². The second-order valence-electron chi connectivity index (χ2n) is 7.01. The third kappa shape index (κ3) is 4.84. The van der Waals surface area contributed by atoms with E-state index in [1.165, 1.54) is 7.11 Å². The van der Waals surface area contributed by atoms with Crippen molar-refractivity contribution in [2.24, 2.45) is 0 Å². The summed E-state index contributed by atoms with van der Waals surface area (Å²) in [7, 11) is 3.41. The number of methoxy groups -OCH3 is 1. The smallest absolute Gasteiger partial charge is 0.264 e. The quantitative estimate of drug-likeness (QED) is 0.712. The predicted molar refractivity (Wildman–Crippen MR) is 112 cm³/mol. The van der Waals surface area contributed by atoms with E-state index in [9.17, 15) is 13.6 Å². The van der Waals surface area contributed by atoms with Gasteiger partial charge in [-0.1, -0.05) is 15.9 Å². The number of nitrogens with zero attached hydrogens (tertiary/aromatic N) is 3. The highest BCUT2D eigenvalue weighted by Crippen LogP contribution is 2.32. The monoisotopic (exact) mass is 468 g/mol. The molecule has 2 aromatic rings. The van der Waals surface area contributed by atoms with Gasteiger partial charge in [-0.2, -0.15) is 0 Å². The van der Waals surface area contributed by atoms with Crippen molar-refractivity contribution in [2.45, 2.75) is 19.4 Å². The maximum Gasteiger partial charge on any atom is 0.264 e. The Morgan fingerprint density at radius 1 is 1.34 bits per heavy atom. The van der Waals surface area contributed by atoms with Gasteiger partial charge in [0, 0.05) is 48.0 Å². The number of hydrogen-bond acceptors (Lipinski definition) is 5. The fourth-order valence-electron chi connectivity index (χ4n) is 3.27. The third-order valence-electron chi connectivity index (χ3n) is 5.11. The topological polar surface area (TPSA) is 57.7 Å². The number of anilines is 2.